The van der Waals surface area contributed by atoms with Crippen molar-refractivity contribution in [2.45, 2.75) is 0 Å². The number of hydrogen-bond acceptors (Lipinski definition) is 0. The average Bonchev–Trinajstić information content (AvgIpc) is 0. The molecule has 0 aliphatic heterocycles. The summed E-state index contributed by atoms with van der Waals surface area (Å²) in [6.07, 6.45) is 0. The SMILES string of the molecule is [Ag].[BiH3].[GaH3].[InH3].[SnH2].[Zn]. The minimum Gasteiger partial charge on any atom is 0 e. The molecule has 0 atom stereocenters. The largest absolute Gasteiger partial charge is 0 e. The average molecular weight is 697 g/mol. The van der Waals surface area contributed by atoms with Crippen molar-refractivity contribution in [2.75, 3.05) is 0 Å². The van der Waals surface area contributed by atoms with Gasteiger partial charge >= 0.3 is 95.7 Å². The first kappa shape index (κ1) is 46.5. The minimum absolute atomic E-state index is 0. The Labute approximate surface area is 134 Å². The van der Waals surface area contributed by atoms with Crippen LogP contribution in [0.5, 0.6) is 0 Å². The Hall–Kier alpha value is 4.55. The third-order valence-electron chi connectivity index (χ3n) is 0. The van der Waals surface area contributed by atoms with E-state index in [1.165, 1.54) is 0 Å². The summed E-state index contributed by atoms with van der Waals surface area (Å²) in [5, 5.41) is 0. The summed E-state index contributed by atoms with van der Waals surface area (Å²) in [6.45, 7) is 0. The quantitative estimate of drug-likeness (QED) is 0.225. The van der Waals surface area contributed by atoms with E-state index in [0.29, 0.717) is 0 Å². The van der Waals surface area contributed by atoms with Gasteiger partial charge in [-0.05, 0) is 0 Å². The molecule has 0 aliphatic carbocycles. The predicted molar refractivity (Wildman–Crippen MR) is 38.4 cm³/mol. The van der Waals surface area contributed by atoms with E-state index in [0.717, 1.165) is 0 Å². The molecule has 6 heteroatoms. The summed E-state index contributed by atoms with van der Waals surface area (Å²) in [5.41, 5.74) is 0. The Morgan fingerprint density at radius 1 is 1.00 bits per heavy atom. The molecule has 0 nitrogen and oxygen atoms in total. The molecular formula is H11AgBiGaInSnZn. The second kappa shape index (κ2) is 33.7. The molecule has 0 rings (SSSR count). The summed E-state index contributed by atoms with van der Waals surface area (Å²) in [4.78, 5) is 0. The van der Waals surface area contributed by atoms with Gasteiger partial charge in [0.05, 0.1) is 0 Å². The third-order valence-corrected chi connectivity index (χ3v) is 0. The molecule has 0 saturated carbocycles. The van der Waals surface area contributed by atoms with Gasteiger partial charge in [-0.3, -0.25) is 0 Å². The summed E-state index contributed by atoms with van der Waals surface area (Å²) < 4.78 is 0. The van der Waals surface area contributed by atoms with Crippen LogP contribution in [0.1, 0.15) is 0 Å². The second-order valence-corrected chi connectivity index (χ2v) is 0. The molecule has 0 aromatic rings. The summed E-state index contributed by atoms with van der Waals surface area (Å²) in [7, 11) is 0. The molecule has 0 heterocycles. The Bertz CT molecular complexity index is 15.5. The van der Waals surface area contributed by atoms with Crippen LogP contribution in [0.4, 0.5) is 0 Å². The van der Waals surface area contributed by atoms with Crippen molar-refractivity contribution >= 4 is 95.7 Å². The molecule has 39 valence electrons. The van der Waals surface area contributed by atoms with E-state index in [9.17, 15) is 0 Å². The van der Waals surface area contributed by atoms with Gasteiger partial charge in [0.25, 0.3) is 0 Å². The molecular weight excluding hydrogens is 685 g/mol. The fourth-order valence-electron chi connectivity index (χ4n) is 0. The van der Waals surface area contributed by atoms with Crippen LogP contribution in [0, 0.1) is 0 Å². The third kappa shape index (κ3) is 23.5. The molecule has 0 spiro atoms. The molecule has 0 bridgehead atoms. The maximum absolute atomic E-state index is 0. The molecule has 0 fully saturated rings. The van der Waals surface area contributed by atoms with Crippen molar-refractivity contribution in [3.05, 3.63) is 0 Å². The van der Waals surface area contributed by atoms with E-state index >= 15 is 0 Å². The van der Waals surface area contributed by atoms with E-state index < -0.39 is 0 Å². The van der Waals surface area contributed by atoms with Gasteiger partial charge in [-0.1, -0.05) is 0 Å². The Morgan fingerprint density at radius 3 is 1.00 bits per heavy atom. The Kier molecular flexibility index (Phi) is 261. The standard InChI is InChI=1S/Ag.Bi.Ga.In.Sn.Zn.11H. The van der Waals surface area contributed by atoms with Crippen molar-refractivity contribution in [3.63, 3.8) is 0 Å². The van der Waals surface area contributed by atoms with Gasteiger partial charge in [0.1, 0.15) is 0 Å². The normalized spacial score (nSPS) is 0. The maximum Gasteiger partial charge on any atom is 0 e. The Morgan fingerprint density at radius 2 is 1.00 bits per heavy atom. The molecule has 0 aromatic carbocycles. The van der Waals surface area contributed by atoms with Crippen molar-refractivity contribution in [1.82, 2.24) is 0 Å². The maximum atomic E-state index is 0. The van der Waals surface area contributed by atoms with Crippen LogP contribution in [-0.2, 0) is 41.9 Å². The molecule has 0 unspecified atom stereocenters. The zero-order valence-corrected chi connectivity index (χ0v) is 16.4. The van der Waals surface area contributed by atoms with Gasteiger partial charge in [-0.15, -0.1) is 0 Å². The van der Waals surface area contributed by atoms with Crippen LogP contribution in [0.3, 0.4) is 0 Å². The second-order valence-electron chi connectivity index (χ2n) is 0. The van der Waals surface area contributed by atoms with Crippen LogP contribution >= 0.6 is 0 Å². The smallest absolute Gasteiger partial charge is 0 e. The fourth-order valence-corrected chi connectivity index (χ4v) is 0. The molecule has 0 N–H and O–H groups in total. The van der Waals surface area contributed by atoms with Crippen molar-refractivity contribution in [1.29, 1.82) is 0 Å². The number of hydrogen-bond donors (Lipinski definition) is 0. The molecule has 0 saturated heterocycles. The van der Waals surface area contributed by atoms with Crippen LogP contribution < -0.4 is 0 Å². The van der Waals surface area contributed by atoms with E-state index in [4.69, 9.17) is 0 Å². The van der Waals surface area contributed by atoms with E-state index in [1.54, 1.807) is 0 Å². The summed E-state index contributed by atoms with van der Waals surface area (Å²) >= 11 is 0. The summed E-state index contributed by atoms with van der Waals surface area (Å²) in [5.74, 6) is 0. The first-order valence-corrected chi connectivity index (χ1v) is 0. The van der Waals surface area contributed by atoms with Gasteiger partial charge in [-0.2, -0.15) is 0 Å². The monoisotopic (exact) mass is 695 g/mol. The van der Waals surface area contributed by atoms with Crippen molar-refractivity contribution < 1.29 is 41.9 Å². The van der Waals surface area contributed by atoms with Crippen LogP contribution in [0.2, 0.25) is 0 Å². The van der Waals surface area contributed by atoms with E-state index in [-0.39, 0.29) is 138 Å². The van der Waals surface area contributed by atoms with Crippen molar-refractivity contribution in [3.8, 4) is 0 Å². The molecule has 0 aliphatic rings. The van der Waals surface area contributed by atoms with Gasteiger partial charge in [0, 0.05) is 41.9 Å². The van der Waals surface area contributed by atoms with Gasteiger partial charge in [0.15, 0.2) is 0 Å². The molecule has 3 radical (unpaired) electrons. The minimum atomic E-state index is 0. The molecule has 0 aromatic heterocycles. The molecule has 6 heavy (non-hydrogen) atoms. The first-order valence-electron chi connectivity index (χ1n) is 0. The topological polar surface area (TPSA) is 0 Å². The van der Waals surface area contributed by atoms with Crippen LogP contribution in [-0.4, -0.2) is 95.7 Å². The molecule has 0 amide bonds. The number of rotatable bonds is 0. The predicted octanol–water partition coefficient (Wildman–Crippen LogP) is -4.47. The van der Waals surface area contributed by atoms with Crippen molar-refractivity contribution in [2.24, 2.45) is 0 Å². The Balaban J connectivity index is 0. The summed E-state index contributed by atoms with van der Waals surface area (Å²) in [6, 6.07) is 0. The van der Waals surface area contributed by atoms with E-state index in [1.807, 2.05) is 0 Å². The zero-order valence-electron chi connectivity index (χ0n) is 2.42. The van der Waals surface area contributed by atoms with Gasteiger partial charge < -0.3 is 0 Å². The zero-order chi connectivity index (χ0) is 0. The van der Waals surface area contributed by atoms with Crippen LogP contribution in [0.15, 0.2) is 0 Å². The van der Waals surface area contributed by atoms with Crippen LogP contribution in [0.25, 0.3) is 0 Å². The van der Waals surface area contributed by atoms with Gasteiger partial charge in [-0.25, -0.2) is 0 Å². The van der Waals surface area contributed by atoms with E-state index in [2.05, 4.69) is 0 Å². The fraction of sp³-hybridized carbons (Fsp3) is 0. The van der Waals surface area contributed by atoms with Gasteiger partial charge in [0.2, 0.25) is 0 Å². The first-order chi connectivity index (χ1) is 0.